The number of ether oxygens (including phenoxy) is 2. The molecular weight excluding hydrogens is 389 g/mol. The first-order chi connectivity index (χ1) is 13.7. The zero-order valence-electron chi connectivity index (χ0n) is 17.2. The van der Waals surface area contributed by atoms with Crippen molar-refractivity contribution >= 4 is 18.2 Å². The van der Waals surface area contributed by atoms with Crippen molar-refractivity contribution in [1.82, 2.24) is 4.90 Å². The molecule has 1 heterocycles. The van der Waals surface area contributed by atoms with Crippen LogP contribution >= 0.6 is 12.4 Å². The lowest BCUT2D eigenvalue weighted by atomic mass is 10.0. The molecule has 4 rings (SSSR count). The summed E-state index contributed by atoms with van der Waals surface area (Å²) < 4.78 is 10.8. The number of nitrogens with zero attached hydrogens (tertiary/aromatic N) is 1. The number of likely N-dealkylation sites (tertiary alicyclic amines) is 1. The summed E-state index contributed by atoms with van der Waals surface area (Å²) in [5.74, 6) is 2.38. The SMILES string of the molecule is COc1cc2c(cc1OC)[13C](=O)[13CH]([13CH2]C1CCN(Cc3ccccc3)CC1)C2.Cl. The number of fused-ring (bicyclic) bond motifs is 1. The summed E-state index contributed by atoms with van der Waals surface area (Å²) in [6.07, 6.45) is 4.19. The lowest BCUT2D eigenvalue weighted by molar-refractivity contribution is 0.0895. The Morgan fingerprint density at radius 3 is 2.31 bits per heavy atom. The second kappa shape index (κ2) is 9.64. The molecule has 0 bridgehead atoms. The van der Waals surface area contributed by atoms with Crippen molar-refractivity contribution in [3.63, 3.8) is 0 Å². The van der Waals surface area contributed by atoms with Crippen LogP contribution in [0.15, 0.2) is 42.5 Å². The molecule has 1 atom stereocenters. The highest BCUT2D eigenvalue weighted by atomic mass is 35.5. The number of ketones is 1. The number of halogens is 1. The van der Waals surface area contributed by atoms with Gasteiger partial charge in [0.1, 0.15) is 0 Å². The predicted octanol–water partition coefficient (Wildman–Crippen LogP) is 4.78. The van der Waals surface area contributed by atoms with E-state index in [4.69, 9.17) is 9.47 Å². The van der Waals surface area contributed by atoms with Crippen LogP contribution in [-0.4, -0.2) is 38.0 Å². The third-order valence-electron chi connectivity index (χ3n) is 6.29. The van der Waals surface area contributed by atoms with Crippen LogP contribution < -0.4 is 9.47 Å². The van der Waals surface area contributed by atoms with Crippen molar-refractivity contribution in [2.24, 2.45) is 11.8 Å². The van der Waals surface area contributed by atoms with Gasteiger partial charge in [0.05, 0.1) is 14.2 Å². The van der Waals surface area contributed by atoms with Gasteiger partial charge in [-0.25, -0.2) is 0 Å². The third kappa shape index (κ3) is 4.76. The average Bonchev–Trinajstić information content (AvgIpc) is 3.03. The normalized spacial score (nSPS) is 19.5. The highest BCUT2D eigenvalue weighted by molar-refractivity contribution is 6.02. The number of benzene rings is 2. The number of hydrogen-bond donors (Lipinski definition) is 0. The number of hydrogen-bond acceptors (Lipinski definition) is 4. The molecule has 1 saturated heterocycles. The topological polar surface area (TPSA) is 38.8 Å². The second-order valence-electron chi connectivity index (χ2n) is 8.07. The number of methoxy groups -OCH3 is 2. The fourth-order valence-electron chi connectivity index (χ4n) is 4.71. The van der Waals surface area contributed by atoms with Gasteiger partial charge in [-0.15, -0.1) is 12.4 Å². The maximum absolute atomic E-state index is 12.9. The smallest absolute Gasteiger partial charge is 0.166 e. The Kier molecular flexibility index (Phi) is 7.20. The Bertz CT molecular complexity index is 832. The minimum absolute atomic E-state index is 0. The molecule has 2 aromatic carbocycles. The Morgan fingerprint density at radius 2 is 1.66 bits per heavy atom. The molecule has 1 unspecified atom stereocenters. The number of piperidine rings is 1. The summed E-state index contributed by atoms with van der Waals surface area (Å²) in [6, 6.07) is 14.5. The van der Waals surface area contributed by atoms with E-state index in [2.05, 4.69) is 35.2 Å². The predicted molar refractivity (Wildman–Crippen MR) is 117 cm³/mol. The van der Waals surface area contributed by atoms with E-state index in [1.165, 1.54) is 18.4 Å². The molecule has 1 aliphatic carbocycles. The summed E-state index contributed by atoms with van der Waals surface area (Å²) in [7, 11) is 3.26. The molecule has 1 aliphatic heterocycles. The van der Waals surface area contributed by atoms with Gasteiger partial charge < -0.3 is 9.47 Å². The Morgan fingerprint density at radius 1 is 1.00 bits per heavy atom. The number of carbonyl (C=O) groups is 1. The molecule has 0 amide bonds. The maximum Gasteiger partial charge on any atom is 0.166 e. The van der Waals surface area contributed by atoms with E-state index < -0.39 is 0 Å². The zero-order valence-corrected chi connectivity index (χ0v) is 18.0. The van der Waals surface area contributed by atoms with Crippen LogP contribution in [0.2, 0.25) is 0 Å². The Hall–Kier alpha value is -2.04. The summed E-state index contributed by atoms with van der Waals surface area (Å²) in [4.78, 5) is 15.5. The Balaban J connectivity index is 0.00000240. The molecule has 156 valence electrons. The standard InChI is InChI=1S/C24H29NO3.ClH/c1-27-22-14-19-13-20(24(26)21(19)15-23(22)28-2)12-17-8-10-25(11-9-17)16-18-6-4-3-5-7-18;/h3-7,14-15,17,20H,8-13,16H2,1-2H3;1H/i12+1,20+1,24+1;. The van der Waals surface area contributed by atoms with E-state index in [0.717, 1.165) is 43.6 Å². The molecule has 0 spiro atoms. The van der Waals surface area contributed by atoms with Gasteiger partial charge in [-0.05, 0) is 68.0 Å². The minimum atomic E-state index is 0. The van der Waals surface area contributed by atoms with Crippen molar-refractivity contribution in [2.45, 2.75) is 32.2 Å². The number of carbonyl (C=O) groups excluding carboxylic acids is 1. The molecule has 0 aromatic heterocycles. The second-order valence-corrected chi connectivity index (χ2v) is 8.07. The molecule has 4 nitrogen and oxygen atoms in total. The fraction of sp³-hybridized carbons (Fsp3) is 0.458. The molecule has 2 aromatic rings. The zero-order chi connectivity index (χ0) is 19.5. The van der Waals surface area contributed by atoms with Crippen molar-refractivity contribution in [3.8, 4) is 11.5 Å². The van der Waals surface area contributed by atoms with Crippen molar-refractivity contribution in [2.75, 3.05) is 27.3 Å². The maximum atomic E-state index is 12.9. The van der Waals surface area contributed by atoms with E-state index in [9.17, 15) is 4.79 Å². The molecule has 2 aliphatic rings. The molecule has 29 heavy (non-hydrogen) atoms. The van der Waals surface area contributed by atoms with Gasteiger partial charge in [-0.2, -0.15) is 0 Å². The highest BCUT2D eigenvalue weighted by Gasteiger charge is 2.34. The van der Waals surface area contributed by atoms with Crippen LogP contribution in [0.4, 0.5) is 0 Å². The van der Waals surface area contributed by atoms with Crippen LogP contribution in [-0.2, 0) is 13.0 Å². The van der Waals surface area contributed by atoms with Gasteiger partial charge in [0, 0.05) is 18.0 Å². The first kappa shape index (κ1) is 21.7. The Labute approximate surface area is 179 Å². The van der Waals surface area contributed by atoms with E-state index in [1.54, 1.807) is 14.2 Å². The lowest BCUT2D eigenvalue weighted by Crippen LogP contribution is -2.34. The molecule has 0 saturated carbocycles. The summed E-state index contributed by atoms with van der Waals surface area (Å²) in [6.45, 7) is 3.27. The lowest BCUT2D eigenvalue weighted by Gasteiger charge is -2.32. The quantitative estimate of drug-likeness (QED) is 0.632. The van der Waals surface area contributed by atoms with Crippen LogP contribution in [0, 0.1) is 11.8 Å². The van der Waals surface area contributed by atoms with Crippen LogP contribution in [0.25, 0.3) is 0 Å². The van der Waals surface area contributed by atoms with E-state index in [-0.39, 0.29) is 24.1 Å². The van der Waals surface area contributed by atoms with Crippen LogP contribution in [0.3, 0.4) is 0 Å². The molecule has 0 N–H and O–H groups in total. The van der Waals surface area contributed by atoms with E-state index in [1.807, 2.05) is 12.1 Å². The van der Waals surface area contributed by atoms with Gasteiger partial charge in [-0.1, -0.05) is 30.3 Å². The van der Waals surface area contributed by atoms with Crippen molar-refractivity contribution in [1.29, 1.82) is 0 Å². The van der Waals surface area contributed by atoms with E-state index in [0.29, 0.717) is 17.4 Å². The van der Waals surface area contributed by atoms with Gasteiger partial charge in [-0.3, -0.25) is 9.69 Å². The summed E-state index contributed by atoms with van der Waals surface area (Å²) in [5.41, 5.74) is 3.31. The highest BCUT2D eigenvalue weighted by Crippen LogP contribution is 2.39. The van der Waals surface area contributed by atoms with Crippen molar-refractivity contribution in [3.05, 3.63) is 59.2 Å². The summed E-state index contributed by atoms with van der Waals surface area (Å²) >= 11 is 0. The monoisotopic (exact) mass is 418 g/mol. The van der Waals surface area contributed by atoms with Crippen LogP contribution in [0.5, 0.6) is 11.5 Å². The molecule has 0 radical (unpaired) electrons. The fourth-order valence-corrected chi connectivity index (χ4v) is 4.71. The van der Waals surface area contributed by atoms with Gasteiger partial charge in [0.2, 0.25) is 0 Å². The van der Waals surface area contributed by atoms with Crippen molar-refractivity contribution < 1.29 is 14.3 Å². The summed E-state index contributed by atoms with van der Waals surface area (Å²) in [5, 5.41) is 0. The third-order valence-corrected chi connectivity index (χ3v) is 6.29. The van der Waals surface area contributed by atoms with Gasteiger partial charge in [0.25, 0.3) is 0 Å². The largest absolute Gasteiger partial charge is 0.493 e. The number of Topliss-reactive ketones (excluding diaryl/α,β-unsaturated/α-hetero) is 1. The average molecular weight is 419 g/mol. The minimum Gasteiger partial charge on any atom is -0.493 e. The number of rotatable bonds is 6. The van der Waals surface area contributed by atoms with E-state index >= 15 is 0 Å². The van der Waals surface area contributed by atoms with Gasteiger partial charge in [0.15, 0.2) is 17.3 Å². The van der Waals surface area contributed by atoms with Crippen LogP contribution in [0.1, 0.15) is 40.7 Å². The first-order valence-electron chi connectivity index (χ1n) is 10.2. The molecular formula is C24H30ClNO3. The molecule has 1 fully saturated rings. The first-order valence-corrected chi connectivity index (χ1v) is 10.2. The van der Waals surface area contributed by atoms with Gasteiger partial charge >= 0.3 is 0 Å². The molecule has 5 heteroatoms.